The smallest absolute Gasteiger partial charge is 0.387 e. The Bertz CT molecular complexity index is 877. The lowest BCUT2D eigenvalue weighted by Crippen LogP contribution is -2.30. The minimum Gasteiger partial charge on any atom is -0.545 e. The zero-order valence-electron chi connectivity index (χ0n) is 11.3. The van der Waals surface area contributed by atoms with E-state index < -0.39 is 35.1 Å². The third-order valence-corrected chi connectivity index (χ3v) is 4.27. The first-order chi connectivity index (χ1) is 10.8. The van der Waals surface area contributed by atoms with Gasteiger partial charge in [0, 0.05) is 12.2 Å². The maximum atomic E-state index is 13.9. The van der Waals surface area contributed by atoms with Crippen molar-refractivity contribution in [2.75, 3.05) is 0 Å². The Balaban J connectivity index is 2.46. The molecular formula is C14H8BrF3NO4-. The highest BCUT2D eigenvalue weighted by Crippen LogP contribution is 2.42. The molecule has 0 N–H and O–H groups in total. The molecule has 0 saturated heterocycles. The molecule has 1 aromatic heterocycles. The van der Waals surface area contributed by atoms with Crippen molar-refractivity contribution in [3.8, 4) is 5.75 Å². The Morgan fingerprint density at radius 2 is 2.09 bits per heavy atom. The van der Waals surface area contributed by atoms with Crippen molar-refractivity contribution in [2.24, 2.45) is 0 Å². The molecule has 1 fully saturated rings. The molecule has 5 nitrogen and oxygen atoms in total. The van der Waals surface area contributed by atoms with Gasteiger partial charge in [-0.1, -0.05) is 0 Å². The van der Waals surface area contributed by atoms with E-state index in [9.17, 15) is 27.9 Å². The molecule has 1 saturated carbocycles. The van der Waals surface area contributed by atoms with Crippen LogP contribution in [0.15, 0.2) is 21.5 Å². The van der Waals surface area contributed by atoms with E-state index in [4.69, 9.17) is 0 Å². The molecule has 1 aliphatic rings. The lowest BCUT2D eigenvalue weighted by molar-refractivity contribution is -0.255. The van der Waals surface area contributed by atoms with Gasteiger partial charge >= 0.3 is 6.61 Å². The summed E-state index contributed by atoms with van der Waals surface area (Å²) in [6, 6.07) is 0.624. The first-order valence-corrected chi connectivity index (χ1v) is 7.33. The highest BCUT2D eigenvalue weighted by molar-refractivity contribution is 9.10. The van der Waals surface area contributed by atoms with Crippen LogP contribution >= 0.6 is 15.9 Å². The van der Waals surface area contributed by atoms with Crippen LogP contribution in [0.3, 0.4) is 0 Å². The fraction of sp³-hybridized carbons (Fsp3) is 0.286. The topological polar surface area (TPSA) is 71.4 Å². The Labute approximate surface area is 135 Å². The van der Waals surface area contributed by atoms with Gasteiger partial charge < -0.3 is 19.2 Å². The first-order valence-electron chi connectivity index (χ1n) is 6.54. The third-order valence-electron chi connectivity index (χ3n) is 3.53. The summed E-state index contributed by atoms with van der Waals surface area (Å²) in [5, 5.41) is 10.7. The predicted molar refractivity (Wildman–Crippen MR) is 75.1 cm³/mol. The quantitative estimate of drug-likeness (QED) is 0.802. The summed E-state index contributed by atoms with van der Waals surface area (Å²) < 4.78 is 44.6. The number of hydrogen-bond donors (Lipinski definition) is 0. The Hall–Kier alpha value is -2.03. The Morgan fingerprint density at radius 3 is 2.61 bits per heavy atom. The third kappa shape index (κ3) is 2.69. The van der Waals surface area contributed by atoms with Gasteiger partial charge in [-0.3, -0.25) is 4.79 Å². The number of aromatic carboxylic acids is 1. The number of carboxylic acid groups (broad SMARTS) is 1. The highest BCUT2D eigenvalue weighted by Gasteiger charge is 2.29. The number of pyridine rings is 1. The van der Waals surface area contributed by atoms with Crippen LogP contribution in [0.25, 0.3) is 10.9 Å². The maximum Gasteiger partial charge on any atom is 0.387 e. The van der Waals surface area contributed by atoms with Gasteiger partial charge in [0.1, 0.15) is 5.82 Å². The molecule has 9 heteroatoms. The maximum absolute atomic E-state index is 13.9. The summed E-state index contributed by atoms with van der Waals surface area (Å²) in [4.78, 5) is 23.3. The van der Waals surface area contributed by atoms with Crippen LogP contribution in [-0.2, 0) is 0 Å². The monoisotopic (exact) mass is 390 g/mol. The van der Waals surface area contributed by atoms with E-state index >= 15 is 0 Å². The van der Waals surface area contributed by atoms with Gasteiger partial charge in [0.25, 0.3) is 0 Å². The molecule has 0 aliphatic heterocycles. The van der Waals surface area contributed by atoms with Crippen molar-refractivity contribution in [3.63, 3.8) is 0 Å². The zero-order chi connectivity index (χ0) is 16.9. The van der Waals surface area contributed by atoms with Gasteiger partial charge in [-0.2, -0.15) is 8.78 Å². The van der Waals surface area contributed by atoms with Crippen LogP contribution < -0.4 is 15.3 Å². The number of benzene rings is 1. The summed E-state index contributed by atoms with van der Waals surface area (Å²) in [5.41, 5.74) is -1.74. The number of carbonyl (C=O) groups excluding carboxylic acids is 1. The van der Waals surface area contributed by atoms with Crippen LogP contribution in [0.2, 0.25) is 0 Å². The molecule has 1 aromatic carbocycles. The molecular weight excluding hydrogens is 383 g/mol. The molecule has 3 rings (SSSR count). The van der Waals surface area contributed by atoms with Crippen LogP contribution in [0.1, 0.15) is 29.2 Å². The van der Waals surface area contributed by atoms with Crippen molar-refractivity contribution < 1.29 is 27.8 Å². The molecule has 2 aromatic rings. The minimum absolute atomic E-state index is 0.0731. The molecule has 0 unspecified atom stereocenters. The Kier molecular flexibility index (Phi) is 3.83. The lowest BCUT2D eigenvalue weighted by atomic mass is 10.1. The molecule has 0 radical (unpaired) electrons. The van der Waals surface area contributed by atoms with Crippen molar-refractivity contribution in [1.82, 2.24) is 4.57 Å². The van der Waals surface area contributed by atoms with Gasteiger partial charge in [-0.05, 0) is 34.8 Å². The Morgan fingerprint density at radius 1 is 1.43 bits per heavy atom. The van der Waals surface area contributed by atoms with E-state index in [2.05, 4.69) is 20.7 Å². The van der Waals surface area contributed by atoms with Gasteiger partial charge in [0.05, 0.1) is 26.9 Å². The molecule has 0 atom stereocenters. The van der Waals surface area contributed by atoms with Crippen molar-refractivity contribution in [2.45, 2.75) is 25.5 Å². The normalized spacial score (nSPS) is 14.5. The number of ether oxygens (including phenoxy) is 1. The molecule has 0 bridgehead atoms. The second-order valence-electron chi connectivity index (χ2n) is 5.07. The van der Waals surface area contributed by atoms with Gasteiger partial charge in [-0.15, -0.1) is 0 Å². The van der Waals surface area contributed by atoms with Crippen LogP contribution in [0.5, 0.6) is 5.75 Å². The fourth-order valence-electron chi connectivity index (χ4n) is 2.41. The predicted octanol–water partition coefficient (Wildman–Crippen LogP) is 2.20. The van der Waals surface area contributed by atoms with Gasteiger partial charge in [0.15, 0.2) is 11.2 Å². The summed E-state index contributed by atoms with van der Waals surface area (Å²) in [6.45, 7) is -3.24. The van der Waals surface area contributed by atoms with Crippen LogP contribution in [0.4, 0.5) is 13.2 Å². The number of carbonyl (C=O) groups is 1. The van der Waals surface area contributed by atoms with Gasteiger partial charge in [0.2, 0.25) is 0 Å². The van der Waals surface area contributed by atoms with Crippen LogP contribution in [-0.4, -0.2) is 17.1 Å². The largest absolute Gasteiger partial charge is 0.545 e. The number of hydrogen-bond acceptors (Lipinski definition) is 4. The second kappa shape index (κ2) is 5.55. The van der Waals surface area contributed by atoms with E-state index in [1.165, 1.54) is 4.57 Å². The molecule has 23 heavy (non-hydrogen) atoms. The lowest BCUT2D eigenvalue weighted by Gasteiger charge is -2.18. The van der Waals surface area contributed by atoms with E-state index in [0.717, 1.165) is 12.3 Å². The van der Waals surface area contributed by atoms with Crippen LogP contribution in [0, 0.1) is 5.82 Å². The number of alkyl halides is 2. The summed E-state index contributed by atoms with van der Waals surface area (Å²) in [5.74, 6) is -3.27. The summed E-state index contributed by atoms with van der Waals surface area (Å²) in [7, 11) is 0. The average Bonchev–Trinajstić information content (AvgIpc) is 3.28. The number of carboxylic acids is 1. The number of aromatic nitrogens is 1. The second-order valence-corrected chi connectivity index (χ2v) is 5.87. The van der Waals surface area contributed by atoms with E-state index in [-0.39, 0.29) is 21.4 Å². The minimum atomic E-state index is -3.24. The standard InChI is InChI=1S/C14H9BrF3NO4/c15-9-8(16)3-6-10(12(9)23-14(17)18)19(5-1-2-5)4-7(11(6)20)13(21)22/h3-5,14H,1-2H2,(H,21,22)/p-1. The molecule has 0 spiro atoms. The molecule has 1 aliphatic carbocycles. The molecule has 0 amide bonds. The fourth-order valence-corrected chi connectivity index (χ4v) is 2.81. The van der Waals surface area contributed by atoms with E-state index in [1.807, 2.05) is 0 Å². The van der Waals surface area contributed by atoms with Crippen molar-refractivity contribution in [1.29, 1.82) is 0 Å². The van der Waals surface area contributed by atoms with E-state index in [1.54, 1.807) is 0 Å². The number of halogens is 4. The summed E-state index contributed by atoms with van der Waals surface area (Å²) in [6.07, 6.45) is 2.38. The van der Waals surface area contributed by atoms with E-state index in [0.29, 0.717) is 12.8 Å². The summed E-state index contributed by atoms with van der Waals surface area (Å²) >= 11 is 2.83. The first kappa shape index (κ1) is 15.9. The zero-order valence-corrected chi connectivity index (χ0v) is 12.9. The van der Waals surface area contributed by atoms with Crippen molar-refractivity contribution in [3.05, 3.63) is 38.3 Å². The molecule has 122 valence electrons. The number of rotatable bonds is 4. The highest BCUT2D eigenvalue weighted by atomic mass is 79.9. The number of nitrogens with zero attached hydrogens (tertiary/aromatic N) is 1. The molecule has 1 heterocycles. The van der Waals surface area contributed by atoms with Crippen molar-refractivity contribution >= 4 is 32.8 Å². The average molecular weight is 391 g/mol. The van der Waals surface area contributed by atoms with Gasteiger partial charge in [-0.25, -0.2) is 4.39 Å². The number of fused-ring (bicyclic) bond motifs is 1. The SMILES string of the molecule is O=C([O-])c1cn(C2CC2)c2c(OC(F)F)c(Br)c(F)cc2c1=O.